The number of nitrogens with one attached hydrogen (secondary N) is 3. The third-order valence-electron chi connectivity index (χ3n) is 4.12. The number of ether oxygens (including phenoxy) is 1. The average Bonchev–Trinajstić information content (AvgIpc) is 2.98. The molecule has 3 N–H and O–H groups in total. The highest BCUT2D eigenvalue weighted by molar-refractivity contribution is 7.14. The second kappa shape index (κ2) is 9.21. The maximum atomic E-state index is 12.2. The summed E-state index contributed by atoms with van der Waals surface area (Å²) in [5, 5.41) is 2.59. The van der Waals surface area contributed by atoms with E-state index in [1.54, 1.807) is 20.8 Å². The van der Waals surface area contributed by atoms with Crippen molar-refractivity contribution in [3.8, 4) is 0 Å². The lowest BCUT2D eigenvalue weighted by Gasteiger charge is -2.19. The molecular formula is C19H29N3O4S. The minimum absolute atomic E-state index is 0.189. The van der Waals surface area contributed by atoms with Crippen LogP contribution in [0.3, 0.4) is 0 Å². The van der Waals surface area contributed by atoms with Gasteiger partial charge >= 0.3 is 6.09 Å². The zero-order valence-electron chi connectivity index (χ0n) is 16.4. The topological polar surface area (TPSA) is 96.5 Å². The Morgan fingerprint density at radius 1 is 1.26 bits per heavy atom. The number of hydrogen-bond acceptors (Lipinski definition) is 5. The van der Waals surface area contributed by atoms with E-state index in [0.717, 1.165) is 19.3 Å². The highest BCUT2D eigenvalue weighted by Crippen LogP contribution is 2.32. The molecule has 3 amide bonds. The predicted molar refractivity (Wildman–Crippen MR) is 105 cm³/mol. The van der Waals surface area contributed by atoms with Crippen molar-refractivity contribution in [2.75, 3.05) is 6.54 Å². The Hall–Kier alpha value is -2.09. The quantitative estimate of drug-likeness (QED) is 0.527. The van der Waals surface area contributed by atoms with Gasteiger partial charge < -0.3 is 10.1 Å². The molecule has 0 spiro atoms. The Kier molecular flexibility index (Phi) is 7.24. The Morgan fingerprint density at radius 2 is 2.00 bits per heavy atom. The molecule has 150 valence electrons. The molecule has 1 atom stereocenters. The maximum Gasteiger partial charge on any atom is 0.407 e. The van der Waals surface area contributed by atoms with Gasteiger partial charge in [-0.1, -0.05) is 6.92 Å². The molecule has 0 bridgehead atoms. The molecule has 0 aromatic carbocycles. The first-order chi connectivity index (χ1) is 12.6. The van der Waals surface area contributed by atoms with Crippen molar-refractivity contribution in [2.24, 2.45) is 5.92 Å². The first kappa shape index (κ1) is 21.2. The molecule has 0 unspecified atom stereocenters. The Labute approximate surface area is 164 Å². The largest absolute Gasteiger partial charge is 0.444 e. The lowest BCUT2D eigenvalue weighted by atomic mass is 9.90. The summed E-state index contributed by atoms with van der Waals surface area (Å²) in [5.74, 6) is 0.0589. The van der Waals surface area contributed by atoms with Gasteiger partial charge in [-0.05, 0) is 64.0 Å². The van der Waals surface area contributed by atoms with Crippen molar-refractivity contribution < 1.29 is 19.1 Å². The van der Waals surface area contributed by atoms with Crippen LogP contribution in [-0.4, -0.2) is 30.1 Å². The second-order valence-electron chi connectivity index (χ2n) is 7.94. The summed E-state index contributed by atoms with van der Waals surface area (Å²) in [6.07, 6.45) is 3.32. The van der Waals surface area contributed by atoms with Crippen LogP contribution in [-0.2, 0) is 22.4 Å². The van der Waals surface area contributed by atoms with Crippen LogP contribution in [0.5, 0.6) is 0 Å². The molecule has 8 heteroatoms. The summed E-state index contributed by atoms with van der Waals surface area (Å²) >= 11 is 1.50. The lowest BCUT2D eigenvalue weighted by molar-refractivity contribution is -0.121. The zero-order chi connectivity index (χ0) is 20.0. The fourth-order valence-electron chi connectivity index (χ4n) is 2.82. The summed E-state index contributed by atoms with van der Waals surface area (Å²) in [6.45, 7) is 7.90. The second-order valence-corrected chi connectivity index (χ2v) is 9.08. The van der Waals surface area contributed by atoms with E-state index in [4.69, 9.17) is 4.74 Å². The van der Waals surface area contributed by atoms with Gasteiger partial charge in [-0.3, -0.25) is 20.4 Å². The number of rotatable bonds is 5. The molecule has 1 aromatic rings. The Balaban J connectivity index is 1.65. The van der Waals surface area contributed by atoms with Gasteiger partial charge in [-0.2, -0.15) is 0 Å². The van der Waals surface area contributed by atoms with Crippen molar-refractivity contribution in [1.82, 2.24) is 16.2 Å². The van der Waals surface area contributed by atoms with Crippen molar-refractivity contribution in [1.29, 1.82) is 0 Å². The van der Waals surface area contributed by atoms with Gasteiger partial charge in [-0.25, -0.2) is 4.79 Å². The standard InChI is InChI=1S/C19H29N3O4S/c1-12-7-8-14-13(10-12)11-15(27-14)17(24)22-21-16(23)6-5-9-20-18(25)26-19(2,3)4/h11-12H,5-10H2,1-4H3,(H,20,25)(H,21,23)(H,22,24)/t12-/m1/s1. The van der Waals surface area contributed by atoms with Crippen LogP contribution in [0.25, 0.3) is 0 Å². The van der Waals surface area contributed by atoms with Gasteiger partial charge in [-0.15, -0.1) is 11.3 Å². The summed E-state index contributed by atoms with van der Waals surface area (Å²) in [4.78, 5) is 37.4. The summed E-state index contributed by atoms with van der Waals surface area (Å²) in [5.41, 5.74) is 5.58. The average molecular weight is 396 g/mol. The Bertz CT molecular complexity index is 694. The minimum atomic E-state index is -0.551. The SMILES string of the molecule is C[C@@H]1CCc2sc(C(=O)NNC(=O)CCCNC(=O)OC(C)(C)C)cc2C1. The van der Waals surface area contributed by atoms with E-state index in [-0.39, 0.29) is 18.2 Å². The van der Waals surface area contributed by atoms with Gasteiger partial charge in [0.25, 0.3) is 5.91 Å². The predicted octanol–water partition coefficient (Wildman–Crippen LogP) is 2.94. The molecule has 0 radical (unpaired) electrons. The Morgan fingerprint density at radius 3 is 2.70 bits per heavy atom. The molecule has 1 aliphatic carbocycles. The molecule has 2 rings (SSSR count). The van der Waals surface area contributed by atoms with Gasteiger partial charge in [0.1, 0.15) is 5.60 Å². The lowest BCUT2D eigenvalue weighted by Crippen LogP contribution is -2.41. The summed E-state index contributed by atoms with van der Waals surface area (Å²) in [7, 11) is 0. The molecule has 1 heterocycles. The van der Waals surface area contributed by atoms with Gasteiger partial charge in [0.15, 0.2) is 0 Å². The van der Waals surface area contributed by atoms with Gasteiger partial charge in [0, 0.05) is 17.8 Å². The highest BCUT2D eigenvalue weighted by atomic mass is 32.1. The van der Waals surface area contributed by atoms with Crippen LogP contribution in [0.4, 0.5) is 4.79 Å². The molecule has 0 saturated carbocycles. The number of aryl methyl sites for hydroxylation is 1. The summed E-state index contributed by atoms with van der Waals surface area (Å²) in [6, 6.07) is 1.93. The van der Waals surface area contributed by atoms with Crippen molar-refractivity contribution in [3.63, 3.8) is 0 Å². The van der Waals surface area contributed by atoms with E-state index in [1.807, 2.05) is 6.07 Å². The van der Waals surface area contributed by atoms with Gasteiger partial charge in [0.2, 0.25) is 5.91 Å². The van der Waals surface area contributed by atoms with E-state index >= 15 is 0 Å². The molecule has 0 saturated heterocycles. The van der Waals surface area contributed by atoms with Crippen LogP contribution in [0.1, 0.15) is 67.1 Å². The van der Waals surface area contributed by atoms with E-state index < -0.39 is 11.7 Å². The smallest absolute Gasteiger partial charge is 0.407 e. The number of carbonyl (C=O) groups is 3. The zero-order valence-corrected chi connectivity index (χ0v) is 17.3. The normalized spacial score (nSPS) is 16.2. The van der Waals surface area contributed by atoms with Gasteiger partial charge in [0.05, 0.1) is 4.88 Å². The number of fused-ring (bicyclic) bond motifs is 1. The number of hydrazine groups is 1. The molecular weight excluding hydrogens is 366 g/mol. The number of thiophene rings is 1. The maximum absolute atomic E-state index is 12.2. The first-order valence-electron chi connectivity index (χ1n) is 9.31. The van der Waals surface area contributed by atoms with Crippen LogP contribution >= 0.6 is 11.3 Å². The number of amides is 3. The third kappa shape index (κ3) is 7.21. The van der Waals surface area contributed by atoms with Crippen molar-refractivity contribution in [2.45, 2.75) is 65.4 Å². The van der Waals surface area contributed by atoms with E-state index in [9.17, 15) is 14.4 Å². The fraction of sp³-hybridized carbons (Fsp3) is 0.632. The number of carbonyl (C=O) groups excluding carboxylic acids is 3. The van der Waals surface area contributed by atoms with E-state index in [0.29, 0.717) is 23.8 Å². The van der Waals surface area contributed by atoms with Crippen LogP contribution in [0.15, 0.2) is 6.07 Å². The molecule has 0 fully saturated rings. The minimum Gasteiger partial charge on any atom is -0.444 e. The highest BCUT2D eigenvalue weighted by Gasteiger charge is 2.21. The molecule has 27 heavy (non-hydrogen) atoms. The molecule has 1 aliphatic rings. The van der Waals surface area contributed by atoms with Crippen LogP contribution < -0.4 is 16.2 Å². The van der Waals surface area contributed by atoms with Crippen molar-refractivity contribution in [3.05, 3.63) is 21.4 Å². The number of alkyl carbamates (subject to hydrolysis) is 1. The number of hydrogen-bond donors (Lipinski definition) is 3. The molecule has 1 aromatic heterocycles. The first-order valence-corrected chi connectivity index (χ1v) is 10.1. The monoisotopic (exact) mass is 395 g/mol. The van der Waals surface area contributed by atoms with Crippen molar-refractivity contribution >= 4 is 29.2 Å². The molecule has 7 nitrogen and oxygen atoms in total. The fourth-order valence-corrected chi connectivity index (χ4v) is 3.93. The molecule has 0 aliphatic heterocycles. The summed E-state index contributed by atoms with van der Waals surface area (Å²) < 4.78 is 5.11. The van der Waals surface area contributed by atoms with E-state index in [1.165, 1.54) is 21.8 Å². The van der Waals surface area contributed by atoms with Crippen LogP contribution in [0.2, 0.25) is 0 Å². The van der Waals surface area contributed by atoms with E-state index in [2.05, 4.69) is 23.1 Å². The van der Waals surface area contributed by atoms with Crippen LogP contribution in [0, 0.1) is 5.92 Å². The third-order valence-corrected chi connectivity index (χ3v) is 5.35.